The summed E-state index contributed by atoms with van der Waals surface area (Å²) < 4.78 is 11.8. The van der Waals surface area contributed by atoms with Crippen LogP contribution < -0.4 is 4.74 Å². The van der Waals surface area contributed by atoms with Crippen LogP contribution >= 0.6 is 0 Å². The molecule has 178 valence electrons. The van der Waals surface area contributed by atoms with Gasteiger partial charge in [-0.3, -0.25) is 0 Å². The number of hydrogen-bond acceptors (Lipinski definition) is 6. The molecule has 9 nitrogen and oxygen atoms in total. The molecule has 0 saturated carbocycles. The van der Waals surface area contributed by atoms with Crippen molar-refractivity contribution < 1.29 is 24.5 Å². The van der Waals surface area contributed by atoms with E-state index in [2.05, 4.69) is 15.0 Å². The Morgan fingerprint density at radius 3 is 2.49 bits per heavy atom. The number of benzene rings is 3. The Bertz CT molecular complexity index is 1260. The molecule has 0 fully saturated rings. The number of ether oxygens (including phenoxy) is 2. The Balaban J connectivity index is 1.77. The first-order valence-corrected chi connectivity index (χ1v) is 11.1. The van der Waals surface area contributed by atoms with Gasteiger partial charge in [0.2, 0.25) is 11.4 Å². The van der Waals surface area contributed by atoms with Gasteiger partial charge in [-0.2, -0.15) is 0 Å². The van der Waals surface area contributed by atoms with Gasteiger partial charge in [-0.1, -0.05) is 59.7 Å². The molecular formula is C26H24N4O5. The molecule has 1 aliphatic heterocycles. The highest BCUT2D eigenvalue weighted by Crippen LogP contribution is 2.45. The summed E-state index contributed by atoms with van der Waals surface area (Å²) in [4.78, 5) is 20.3. The van der Waals surface area contributed by atoms with Gasteiger partial charge in [0, 0.05) is 41.2 Å². The van der Waals surface area contributed by atoms with Gasteiger partial charge in [-0.25, -0.2) is 9.79 Å². The van der Waals surface area contributed by atoms with Gasteiger partial charge >= 0.3 is 5.97 Å². The first-order valence-electron chi connectivity index (χ1n) is 11.1. The van der Waals surface area contributed by atoms with Crippen LogP contribution in [0.5, 0.6) is 5.75 Å². The quantitative estimate of drug-likeness (QED) is 0.186. The summed E-state index contributed by atoms with van der Waals surface area (Å²) in [5, 5.41) is 23.1. The second-order valence-electron chi connectivity index (χ2n) is 8.00. The third-order valence-electron chi connectivity index (χ3n) is 5.70. The zero-order chi connectivity index (χ0) is 24.7. The second kappa shape index (κ2) is 10.7. The number of aliphatic imine (C=N–C) groups is 1. The molecular weight excluding hydrogens is 448 g/mol. The minimum absolute atomic E-state index is 0.0418. The zero-order valence-electron chi connectivity index (χ0n) is 18.8. The number of rotatable bonds is 10. The number of aliphatic hydroxyl groups is 1. The molecule has 0 aromatic heterocycles. The fourth-order valence-corrected chi connectivity index (χ4v) is 4.00. The van der Waals surface area contributed by atoms with Gasteiger partial charge in [0.05, 0.1) is 6.61 Å². The van der Waals surface area contributed by atoms with Gasteiger partial charge in [0.1, 0.15) is 5.75 Å². The van der Waals surface area contributed by atoms with E-state index in [0.29, 0.717) is 29.9 Å². The smallest absolute Gasteiger partial charge is 0.336 e. The van der Waals surface area contributed by atoms with Crippen LogP contribution in [-0.2, 0) is 16.0 Å². The lowest BCUT2D eigenvalue weighted by Gasteiger charge is -2.28. The Morgan fingerprint density at radius 2 is 1.80 bits per heavy atom. The molecule has 0 saturated heterocycles. The average Bonchev–Trinajstić information content (AvgIpc) is 3.26. The summed E-state index contributed by atoms with van der Waals surface area (Å²) in [5.41, 5.74) is 9.44. The molecule has 3 aromatic carbocycles. The largest absolute Gasteiger partial charge is 0.494 e. The predicted octanol–water partition coefficient (Wildman–Crippen LogP) is 4.97. The minimum Gasteiger partial charge on any atom is -0.494 e. The van der Waals surface area contributed by atoms with Gasteiger partial charge in [-0.05, 0) is 35.4 Å². The van der Waals surface area contributed by atoms with E-state index in [9.17, 15) is 9.90 Å². The number of carboxylic acids is 1. The highest BCUT2D eigenvalue weighted by Gasteiger charge is 2.54. The molecule has 4 rings (SSSR count). The molecule has 2 atom stereocenters. The van der Waals surface area contributed by atoms with Gasteiger partial charge < -0.3 is 19.7 Å². The van der Waals surface area contributed by atoms with E-state index >= 15 is 0 Å². The van der Waals surface area contributed by atoms with Gasteiger partial charge in [0.25, 0.3) is 0 Å². The van der Waals surface area contributed by atoms with Crippen LogP contribution in [0.1, 0.15) is 29.2 Å². The van der Waals surface area contributed by atoms with Crippen molar-refractivity contribution in [3.63, 3.8) is 0 Å². The van der Waals surface area contributed by atoms with Gasteiger partial charge in [-0.15, -0.1) is 0 Å². The normalized spacial score (nSPS) is 18.8. The van der Waals surface area contributed by atoms with Crippen molar-refractivity contribution in [3.8, 4) is 5.75 Å². The summed E-state index contributed by atoms with van der Waals surface area (Å²) in [5.74, 6) is -0.369. The van der Waals surface area contributed by atoms with E-state index in [4.69, 9.17) is 20.1 Å². The third-order valence-corrected chi connectivity index (χ3v) is 5.70. The lowest BCUT2D eigenvalue weighted by molar-refractivity contribution is -0.146. The number of aliphatic hydroxyl groups excluding tert-OH is 1. The Kier molecular flexibility index (Phi) is 7.30. The maximum atomic E-state index is 12.8. The molecule has 1 aliphatic rings. The summed E-state index contributed by atoms with van der Waals surface area (Å²) in [6, 6.07) is 22.9. The highest BCUT2D eigenvalue weighted by molar-refractivity contribution is 5.99. The fourth-order valence-electron chi connectivity index (χ4n) is 4.00. The average molecular weight is 473 g/mol. The van der Waals surface area contributed by atoms with Crippen LogP contribution in [0.15, 0.2) is 89.0 Å². The Hall–Kier alpha value is -4.33. The zero-order valence-corrected chi connectivity index (χ0v) is 18.8. The molecule has 1 heterocycles. The van der Waals surface area contributed by atoms with E-state index < -0.39 is 17.6 Å². The van der Waals surface area contributed by atoms with Crippen LogP contribution in [-0.4, -0.2) is 40.8 Å². The van der Waals surface area contributed by atoms with E-state index in [1.165, 1.54) is 0 Å². The lowest BCUT2D eigenvalue weighted by atomic mass is 9.82. The molecule has 0 bridgehead atoms. The number of nitrogens with zero attached hydrogens (tertiary/aromatic N) is 4. The SMILES string of the molecule is [N-]=[N+]=Nc1ccccc1[C@H]1OC(c2ccc(OCCCO)cc2)=N[C@@]1(Cc1ccccc1)C(=O)O. The maximum absolute atomic E-state index is 12.8. The van der Waals surface area contributed by atoms with Crippen molar-refractivity contribution in [2.45, 2.75) is 24.5 Å². The van der Waals surface area contributed by atoms with Crippen LogP contribution in [0.3, 0.4) is 0 Å². The molecule has 0 spiro atoms. The van der Waals surface area contributed by atoms with Crippen molar-refractivity contribution in [3.05, 3.63) is 106 Å². The first-order chi connectivity index (χ1) is 17.1. The standard InChI is InChI=1S/C26H24N4O5/c27-30-29-22-10-5-4-9-21(22)23-26(25(32)33,17-18-7-2-1-3-8-18)28-24(35-23)19-11-13-20(14-12-19)34-16-6-15-31/h1-5,7-14,23,31H,6,15-17H2,(H,32,33)/t23-,26-/m1/s1. The molecule has 0 radical (unpaired) electrons. The van der Waals surface area contributed by atoms with E-state index in [1.807, 2.05) is 30.3 Å². The van der Waals surface area contributed by atoms with Crippen LogP contribution in [0.25, 0.3) is 10.4 Å². The number of carbonyl (C=O) groups is 1. The van der Waals surface area contributed by atoms with Crippen LogP contribution in [0.4, 0.5) is 5.69 Å². The number of azide groups is 1. The van der Waals surface area contributed by atoms with Crippen molar-refractivity contribution in [2.75, 3.05) is 13.2 Å². The molecule has 0 unspecified atom stereocenters. The van der Waals surface area contributed by atoms with Crippen LogP contribution in [0, 0.1) is 0 Å². The topological polar surface area (TPSA) is 137 Å². The van der Waals surface area contributed by atoms with Crippen molar-refractivity contribution in [1.29, 1.82) is 0 Å². The first kappa shape index (κ1) is 23.8. The minimum atomic E-state index is -1.69. The summed E-state index contributed by atoms with van der Waals surface area (Å²) in [6.45, 7) is 0.422. The second-order valence-corrected chi connectivity index (χ2v) is 8.00. The highest BCUT2D eigenvalue weighted by atomic mass is 16.5. The number of aliphatic carboxylic acids is 1. The Morgan fingerprint density at radius 1 is 1.09 bits per heavy atom. The van der Waals surface area contributed by atoms with E-state index in [-0.39, 0.29) is 24.6 Å². The molecule has 0 amide bonds. The fraction of sp³-hybridized carbons (Fsp3) is 0.231. The predicted molar refractivity (Wildman–Crippen MR) is 130 cm³/mol. The lowest BCUT2D eigenvalue weighted by Crippen LogP contribution is -2.43. The number of carboxylic acid groups (broad SMARTS) is 1. The van der Waals surface area contributed by atoms with Crippen molar-refractivity contribution in [2.24, 2.45) is 10.1 Å². The van der Waals surface area contributed by atoms with Crippen molar-refractivity contribution >= 4 is 17.6 Å². The van der Waals surface area contributed by atoms with E-state index in [0.717, 1.165) is 5.56 Å². The molecule has 0 aliphatic carbocycles. The number of hydrogen-bond donors (Lipinski definition) is 2. The van der Waals surface area contributed by atoms with Gasteiger partial charge in [0.15, 0.2) is 6.10 Å². The van der Waals surface area contributed by atoms with E-state index in [1.54, 1.807) is 48.5 Å². The monoisotopic (exact) mass is 472 g/mol. The molecule has 3 aromatic rings. The maximum Gasteiger partial charge on any atom is 0.336 e. The summed E-state index contributed by atoms with van der Waals surface area (Å²) in [6.07, 6.45) is -0.438. The molecule has 2 N–H and O–H groups in total. The van der Waals surface area contributed by atoms with Crippen molar-refractivity contribution in [1.82, 2.24) is 0 Å². The summed E-state index contributed by atoms with van der Waals surface area (Å²) in [7, 11) is 0. The molecule has 35 heavy (non-hydrogen) atoms. The Labute approximate surface area is 201 Å². The third kappa shape index (κ3) is 5.11. The van der Waals surface area contributed by atoms with Crippen LogP contribution in [0.2, 0.25) is 0 Å². The summed E-state index contributed by atoms with van der Waals surface area (Å²) >= 11 is 0. The molecule has 9 heteroatoms.